The molecule has 1 aromatic carbocycles. The van der Waals surface area contributed by atoms with E-state index in [0.29, 0.717) is 8.34 Å². The molecule has 0 amide bonds. The predicted molar refractivity (Wildman–Crippen MR) is 87.8 cm³/mol. The van der Waals surface area contributed by atoms with Crippen LogP contribution >= 0.6 is 46.1 Å². The molecule has 1 N–H and O–H groups in total. The Morgan fingerprint density at radius 1 is 1.42 bits per heavy atom. The molecule has 0 saturated heterocycles. The van der Waals surface area contributed by atoms with E-state index in [1.54, 1.807) is 23.5 Å². The smallest absolute Gasteiger partial charge is 0.178 e. The number of fused-ring (bicyclic) bond motifs is 1. The number of aromatic nitrogens is 2. The molecular formula is C13H10FIN2S2. The molecule has 0 aliphatic heterocycles. The van der Waals surface area contributed by atoms with E-state index in [0.717, 1.165) is 24.0 Å². The standard InChI is InChI=1S/C13H10FIN2S2/c14-9-6-12-11(7-10(9)15)16-13(18)17(12)4-3-8-2-1-5-19-8/h1-2,5-7H,3-4H2,(H,16,18). The number of aromatic amines is 1. The normalized spacial score (nSPS) is 11.3. The summed E-state index contributed by atoms with van der Waals surface area (Å²) in [6, 6.07) is 7.49. The van der Waals surface area contributed by atoms with E-state index >= 15 is 0 Å². The molecule has 0 aliphatic carbocycles. The average molecular weight is 404 g/mol. The number of imidazole rings is 1. The first kappa shape index (κ1) is 13.3. The van der Waals surface area contributed by atoms with Gasteiger partial charge in [-0.05, 0) is 58.7 Å². The Kier molecular flexibility index (Phi) is 3.72. The van der Waals surface area contributed by atoms with E-state index in [1.807, 2.05) is 33.2 Å². The van der Waals surface area contributed by atoms with Crippen LogP contribution in [0.15, 0.2) is 29.6 Å². The van der Waals surface area contributed by atoms with Crippen molar-refractivity contribution < 1.29 is 4.39 Å². The zero-order chi connectivity index (χ0) is 13.4. The van der Waals surface area contributed by atoms with Crippen LogP contribution in [0.2, 0.25) is 0 Å². The van der Waals surface area contributed by atoms with Crippen molar-refractivity contribution >= 4 is 57.2 Å². The van der Waals surface area contributed by atoms with Gasteiger partial charge < -0.3 is 9.55 Å². The third-order valence-corrected chi connectivity index (χ3v) is 5.06. The molecule has 2 heterocycles. The largest absolute Gasteiger partial charge is 0.331 e. The summed E-state index contributed by atoms with van der Waals surface area (Å²) in [6.45, 7) is 0.763. The van der Waals surface area contributed by atoms with Gasteiger partial charge >= 0.3 is 0 Å². The molecule has 0 radical (unpaired) electrons. The molecule has 0 unspecified atom stereocenters. The lowest BCUT2D eigenvalue weighted by molar-refractivity contribution is 0.620. The van der Waals surface area contributed by atoms with Crippen LogP contribution in [0.5, 0.6) is 0 Å². The first-order valence-corrected chi connectivity index (χ1v) is 8.12. The molecule has 0 spiro atoms. The van der Waals surface area contributed by atoms with Gasteiger partial charge in [-0.1, -0.05) is 6.07 Å². The minimum Gasteiger partial charge on any atom is -0.331 e. The molecule has 2 aromatic heterocycles. The van der Waals surface area contributed by atoms with Gasteiger partial charge in [0.15, 0.2) is 4.77 Å². The molecule has 3 aromatic rings. The zero-order valence-corrected chi connectivity index (χ0v) is 13.6. The fourth-order valence-electron chi connectivity index (χ4n) is 2.05. The Morgan fingerprint density at radius 3 is 3.00 bits per heavy atom. The molecule has 0 saturated carbocycles. The second-order valence-electron chi connectivity index (χ2n) is 4.19. The topological polar surface area (TPSA) is 20.7 Å². The Labute approximate surface area is 132 Å². The van der Waals surface area contributed by atoms with Gasteiger partial charge in [-0.3, -0.25) is 0 Å². The molecule has 6 heteroatoms. The third kappa shape index (κ3) is 2.61. The number of aryl methyl sites for hydroxylation is 2. The van der Waals surface area contributed by atoms with Crippen molar-refractivity contribution in [2.75, 3.05) is 0 Å². The maximum atomic E-state index is 13.7. The van der Waals surface area contributed by atoms with E-state index < -0.39 is 0 Å². The highest BCUT2D eigenvalue weighted by Crippen LogP contribution is 2.21. The van der Waals surface area contributed by atoms with Crippen molar-refractivity contribution in [2.45, 2.75) is 13.0 Å². The molecule has 0 atom stereocenters. The summed E-state index contributed by atoms with van der Waals surface area (Å²) in [7, 11) is 0. The van der Waals surface area contributed by atoms with Gasteiger partial charge in [0.25, 0.3) is 0 Å². The van der Waals surface area contributed by atoms with E-state index in [-0.39, 0.29) is 5.82 Å². The number of rotatable bonds is 3. The number of halogens is 2. The lowest BCUT2D eigenvalue weighted by Gasteiger charge is -2.04. The Balaban J connectivity index is 2.00. The summed E-state index contributed by atoms with van der Waals surface area (Å²) >= 11 is 9.04. The number of nitrogens with one attached hydrogen (secondary N) is 1. The minimum atomic E-state index is -0.202. The van der Waals surface area contributed by atoms with Crippen LogP contribution < -0.4 is 0 Å². The SMILES string of the molecule is Fc1cc2c(cc1I)[nH]c(=S)n2CCc1cccs1. The van der Waals surface area contributed by atoms with Crippen molar-refractivity contribution in [1.29, 1.82) is 0 Å². The minimum absolute atomic E-state index is 0.202. The van der Waals surface area contributed by atoms with Crippen molar-refractivity contribution in [2.24, 2.45) is 0 Å². The summed E-state index contributed by atoms with van der Waals surface area (Å²) in [5, 5.41) is 2.06. The highest BCUT2D eigenvalue weighted by molar-refractivity contribution is 14.1. The Morgan fingerprint density at radius 2 is 2.26 bits per heavy atom. The maximum Gasteiger partial charge on any atom is 0.178 e. The quantitative estimate of drug-likeness (QED) is 0.494. The lowest BCUT2D eigenvalue weighted by Crippen LogP contribution is -2.00. The Hall–Kier alpha value is -0.730. The summed E-state index contributed by atoms with van der Waals surface area (Å²) in [6.07, 6.45) is 0.909. The van der Waals surface area contributed by atoms with Crippen molar-refractivity contribution in [3.05, 3.63) is 48.7 Å². The average Bonchev–Trinajstić information content (AvgIpc) is 2.96. The third-order valence-electron chi connectivity index (χ3n) is 2.98. The van der Waals surface area contributed by atoms with Gasteiger partial charge in [0.2, 0.25) is 0 Å². The summed E-state index contributed by atoms with van der Waals surface area (Å²) in [5.41, 5.74) is 1.72. The molecule has 98 valence electrons. The van der Waals surface area contributed by atoms with Crippen LogP contribution in [0.4, 0.5) is 4.39 Å². The number of H-pyrrole nitrogens is 1. The number of hydrogen-bond donors (Lipinski definition) is 1. The number of benzene rings is 1. The summed E-state index contributed by atoms with van der Waals surface area (Å²) in [4.78, 5) is 4.44. The monoisotopic (exact) mass is 404 g/mol. The van der Waals surface area contributed by atoms with Crippen LogP contribution in [0.3, 0.4) is 0 Å². The number of nitrogens with zero attached hydrogens (tertiary/aromatic N) is 1. The lowest BCUT2D eigenvalue weighted by atomic mass is 10.3. The first-order chi connectivity index (χ1) is 9.15. The van der Waals surface area contributed by atoms with Crippen molar-refractivity contribution in [1.82, 2.24) is 9.55 Å². The van der Waals surface area contributed by atoms with Gasteiger partial charge in [-0.2, -0.15) is 0 Å². The second-order valence-corrected chi connectivity index (χ2v) is 6.78. The van der Waals surface area contributed by atoms with Gasteiger partial charge in [-0.15, -0.1) is 11.3 Å². The molecule has 0 fully saturated rings. The molecule has 2 nitrogen and oxygen atoms in total. The fourth-order valence-corrected chi connectivity index (χ4v) is 3.52. The van der Waals surface area contributed by atoms with Crippen LogP contribution in [0, 0.1) is 14.2 Å². The van der Waals surface area contributed by atoms with Crippen LogP contribution in [-0.4, -0.2) is 9.55 Å². The molecule has 0 aliphatic rings. The van der Waals surface area contributed by atoms with Crippen LogP contribution in [-0.2, 0) is 13.0 Å². The first-order valence-electron chi connectivity index (χ1n) is 5.75. The highest BCUT2D eigenvalue weighted by Gasteiger charge is 2.09. The molecule has 0 bridgehead atoms. The summed E-state index contributed by atoms with van der Waals surface area (Å²) in [5.74, 6) is -0.202. The molecule has 3 rings (SSSR count). The van der Waals surface area contributed by atoms with Crippen molar-refractivity contribution in [3.63, 3.8) is 0 Å². The highest BCUT2D eigenvalue weighted by atomic mass is 127. The molecular weight excluding hydrogens is 394 g/mol. The van der Waals surface area contributed by atoms with Crippen LogP contribution in [0.1, 0.15) is 4.88 Å². The number of hydrogen-bond acceptors (Lipinski definition) is 2. The van der Waals surface area contributed by atoms with Gasteiger partial charge in [0.05, 0.1) is 14.6 Å². The molecule has 19 heavy (non-hydrogen) atoms. The second kappa shape index (κ2) is 5.34. The van der Waals surface area contributed by atoms with E-state index in [1.165, 1.54) is 4.88 Å². The fraction of sp³-hybridized carbons (Fsp3) is 0.154. The summed E-state index contributed by atoms with van der Waals surface area (Å²) < 4.78 is 16.9. The van der Waals surface area contributed by atoms with Gasteiger partial charge in [0.1, 0.15) is 5.82 Å². The van der Waals surface area contributed by atoms with Crippen LogP contribution in [0.25, 0.3) is 11.0 Å². The van der Waals surface area contributed by atoms with E-state index in [2.05, 4.69) is 16.4 Å². The Bertz CT molecular complexity index is 774. The van der Waals surface area contributed by atoms with Crippen molar-refractivity contribution in [3.8, 4) is 0 Å². The maximum absolute atomic E-state index is 13.7. The van der Waals surface area contributed by atoms with E-state index in [9.17, 15) is 4.39 Å². The van der Waals surface area contributed by atoms with Gasteiger partial charge in [-0.25, -0.2) is 4.39 Å². The van der Waals surface area contributed by atoms with E-state index in [4.69, 9.17) is 12.2 Å². The predicted octanol–water partition coefficient (Wildman–Crippen LogP) is 4.75. The zero-order valence-electron chi connectivity index (χ0n) is 9.82. The van der Waals surface area contributed by atoms with Gasteiger partial charge in [0, 0.05) is 17.5 Å². The number of thiophene rings is 1.